The average Bonchev–Trinajstić information content (AvgIpc) is 3.31. The lowest BCUT2D eigenvalue weighted by Gasteiger charge is -2.38. The molecule has 3 N–H and O–H groups in total. The predicted octanol–water partition coefficient (Wildman–Crippen LogP) is 1.81. The maximum atomic E-state index is 13.5. The number of carbonyl (C=O) groups excluding carboxylic acids is 4. The second-order valence-corrected chi connectivity index (χ2v) is 12.4. The van der Waals surface area contributed by atoms with E-state index in [1.807, 2.05) is 0 Å². The van der Waals surface area contributed by atoms with Crippen LogP contribution >= 0.6 is 12.6 Å². The molecule has 2 aromatic carbocycles. The fourth-order valence-corrected chi connectivity index (χ4v) is 6.73. The van der Waals surface area contributed by atoms with Gasteiger partial charge in [0.05, 0.1) is 11.1 Å². The number of nitrogens with one attached hydrogen (secondary N) is 2. The van der Waals surface area contributed by atoms with E-state index in [0.29, 0.717) is 41.7 Å². The number of fused-ring (bicyclic) bond motifs is 2. The minimum atomic E-state index is -1.22. The Kier molecular flexibility index (Phi) is 8.55. The summed E-state index contributed by atoms with van der Waals surface area (Å²) in [6.07, 6.45) is 2.04. The summed E-state index contributed by atoms with van der Waals surface area (Å²) in [5, 5.41) is 16.2. The van der Waals surface area contributed by atoms with Crippen LogP contribution in [0.15, 0.2) is 58.2 Å². The fraction of sp³-hybridized carbons (Fsp3) is 0.375. The number of carbonyl (C=O) groups is 4. The number of piperazine rings is 1. The fourth-order valence-electron chi connectivity index (χ4n) is 6.47. The normalized spacial score (nSPS) is 20.4. The molecule has 0 unspecified atom stereocenters. The zero-order valence-electron chi connectivity index (χ0n) is 24.9. The lowest BCUT2D eigenvalue weighted by molar-refractivity contribution is -0.148. The van der Waals surface area contributed by atoms with Crippen LogP contribution in [0.1, 0.15) is 57.9 Å². The van der Waals surface area contributed by atoms with Crippen molar-refractivity contribution in [3.05, 3.63) is 87.3 Å². The van der Waals surface area contributed by atoms with Gasteiger partial charge in [0.2, 0.25) is 5.75 Å². The minimum absolute atomic E-state index is 0.00286. The molecule has 4 heterocycles. The summed E-state index contributed by atoms with van der Waals surface area (Å²) >= 11 is 4.36. The molecule has 14 heteroatoms. The van der Waals surface area contributed by atoms with Crippen molar-refractivity contribution < 1.29 is 28.7 Å². The smallest absolute Gasteiger partial charge is 0.312 e. The van der Waals surface area contributed by atoms with Crippen molar-refractivity contribution in [2.45, 2.75) is 49.2 Å². The van der Waals surface area contributed by atoms with Gasteiger partial charge in [0.15, 0.2) is 5.69 Å². The number of thiol groups is 1. The first-order valence-electron chi connectivity index (χ1n) is 15.1. The van der Waals surface area contributed by atoms with Gasteiger partial charge in [-0.2, -0.15) is 0 Å². The van der Waals surface area contributed by atoms with Crippen molar-refractivity contribution >= 4 is 36.3 Å². The number of aromatic hydroxyl groups is 1. The molecular weight excluding hydrogens is 615 g/mol. The van der Waals surface area contributed by atoms with Gasteiger partial charge < -0.3 is 25.5 Å². The molecule has 4 aliphatic rings. The summed E-state index contributed by atoms with van der Waals surface area (Å²) in [6.45, 7) is 1.04. The Labute approximate surface area is 269 Å². The lowest BCUT2D eigenvalue weighted by Crippen LogP contribution is -2.57. The van der Waals surface area contributed by atoms with Gasteiger partial charge in [-0.15, -0.1) is 12.6 Å². The Morgan fingerprint density at radius 2 is 1.63 bits per heavy atom. The van der Waals surface area contributed by atoms with E-state index < -0.39 is 46.1 Å². The van der Waals surface area contributed by atoms with Crippen LogP contribution in [0.25, 0.3) is 0 Å². The van der Waals surface area contributed by atoms with Crippen molar-refractivity contribution in [3.63, 3.8) is 0 Å². The molecule has 46 heavy (non-hydrogen) atoms. The molecule has 12 nitrogen and oxygen atoms in total. The number of rotatable bonds is 5. The first-order chi connectivity index (χ1) is 22.1. The van der Waals surface area contributed by atoms with Crippen molar-refractivity contribution in [1.82, 2.24) is 30.0 Å². The van der Waals surface area contributed by atoms with E-state index in [4.69, 9.17) is 0 Å². The molecule has 1 aromatic heterocycles. The maximum Gasteiger partial charge on any atom is 0.312 e. The highest BCUT2D eigenvalue weighted by molar-refractivity contribution is 7.80. The summed E-state index contributed by atoms with van der Waals surface area (Å²) < 4.78 is 14.6. The zero-order valence-corrected chi connectivity index (χ0v) is 25.8. The first-order valence-corrected chi connectivity index (χ1v) is 15.6. The average molecular weight is 649 g/mol. The Morgan fingerprint density at radius 1 is 0.978 bits per heavy atom. The van der Waals surface area contributed by atoms with Gasteiger partial charge in [0.1, 0.15) is 11.6 Å². The number of hydrogen-bond donors (Lipinski definition) is 4. The van der Waals surface area contributed by atoms with Crippen LogP contribution < -0.4 is 16.2 Å². The standard InChI is InChI=1S/C32H33FN6O6S/c33-21-7-5-19(6-8-21)17-34-26(41)24-25(40)29(44)39-18-20-9-11-32(12-10-20,31(39)35-24)36-27(42)30(45)38-15-13-37(14-16-38)28(43)22-3-1-2-4-23(22)46/h1-8,20,40,46H,9-18H2,(H,34,41)(H,36,42). The van der Waals surface area contributed by atoms with Crippen LogP contribution in [-0.2, 0) is 28.2 Å². The lowest BCUT2D eigenvalue weighted by atomic mass is 9.77. The van der Waals surface area contributed by atoms with Crippen LogP contribution in [0.2, 0.25) is 0 Å². The minimum Gasteiger partial charge on any atom is -0.501 e. The van der Waals surface area contributed by atoms with Crippen LogP contribution in [0, 0.1) is 11.7 Å². The monoisotopic (exact) mass is 648 g/mol. The zero-order chi connectivity index (χ0) is 32.6. The maximum absolute atomic E-state index is 13.5. The van der Waals surface area contributed by atoms with E-state index in [1.54, 1.807) is 29.2 Å². The van der Waals surface area contributed by atoms with E-state index >= 15 is 0 Å². The number of amides is 4. The molecule has 3 aromatic rings. The molecule has 2 fully saturated rings. The molecular formula is C32H33FN6O6S. The number of benzene rings is 2. The summed E-state index contributed by atoms with van der Waals surface area (Å²) in [7, 11) is 0. The van der Waals surface area contributed by atoms with Crippen molar-refractivity contribution in [3.8, 4) is 5.75 Å². The summed E-state index contributed by atoms with van der Waals surface area (Å²) in [4.78, 5) is 74.3. The molecule has 3 aliphatic heterocycles. The van der Waals surface area contributed by atoms with Gasteiger partial charge in [-0.1, -0.05) is 24.3 Å². The summed E-state index contributed by atoms with van der Waals surface area (Å²) in [5.74, 6) is -3.70. The highest BCUT2D eigenvalue weighted by Crippen LogP contribution is 2.43. The van der Waals surface area contributed by atoms with E-state index in [-0.39, 0.29) is 56.9 Å². The quantitative estimate of drug-likeness (QED) is 0.243. The van der Waals surface area contributed by atoms with Gasteiger partial charge in [0, 0.05) is 44.2 Å². The number of aromatic nitrogens is 2. The Bertz CT molecular complexity index is 1760. The molecule has 1 saturated carbocycles. The largest absolute Gasteiger partial charge is 0.501 e. The predicted molar refractivity (Wildman–Crippen MR) is 166 cm³/mol. The molecule has 0 atom stereocenters. The molecule has 1 aliphatic carbocycles. The van der Waals surface area contributed by atoms with E-state index in [9.17, 15) is 33.5 Å². The number of halogens is 1. The molecule has 0 spiro atoms. The molecule has 2 bridgehead atoms. The number of hydrogen-bond acceptors (Lipinski definition) is 8. The highest BCUT2D eigenvalue weighted by Gasteiger charge is 2.47. The third-order valence-corrected chi connectivity index (χ3v) is 9.48. The second kappa shape index (κ2) is 12.6. The summed E-state index contributed by atoms with van der Waals surface area (Å²) in [6, 6.07) is 12.4. The third kappa shape index (κ3) is 5.96. The SMILES string of the molecule is O=C(NC12CCC(CC1)Cn1c2nc(C(=O)NCc2ccc(F)cc2)c(O)c1=O)C(=O)N1CCN(C(=O)c2ccccc2S)CC1. The van der Waals surface area contributed by atoms with Crippen LogP contribution in [-0.4, -0.2) is 74.3 Å². The van der Waals surface area contributed by atoms with Gasteiger partial charge in [0.25, 0.3) is 17.4 Å². The van der Waals surface area contributed by atoms with Crippen molar-refractivity contribution in [1.29, 1.82) is 0 Å². The van der Waals surface area contributed by atoms with Gasteiger partial charge in [-0.05, 0) is 61.4 Å². The third-order valence-electron chi connectivity index (χ3n) is 9.09. The van der Waals surface area contributed by atoms with Gasteiger partial charge in [-0.25, -0.2) is 9.37 Å². The van der Waals surface area contributed by atoms with Gasteiger partial charge >= 0.3 is 11.8 Å². The topological polar surface area (TPSA) is 154 Å². The molecule has 0 radical (unpaired) electrons. The van der Waals surface area contributed by atoms with Crippen LogP contribution in [0.5, 0.6) is 5.75 Å². The molecule has 240 valence electrons. The van der Waals surface area contributed by atoms with Crippen LogP contribution in [0.4, 0.5) is 4.39 Å². The highest BCUT2D eigenvalue weighted by atomic mass is 32.1. The van der Waals surface area contributed by atoms with E-state index in [1.165, 1.54) is 33.7 Å². The molecule has 4 amide bonds. The van der Waals surface area contributed by atoms with Crippen LogP contribution in [0.3, 0.4) is 0 Å². The first kappa shape index (κ1) is 31.3. The van der Waals surface area contributed by atoms with Gasteiger partial charge in [-0.3, -0.25) is 28.5 Å². The second-order valence-electron chi connectivity index (χ2n) is 11.9. The van der Waals surface area contributed by atoms with Crippen molar-refractivity contribution in [2.24, 2.45) is 5.92 Å². The molecule has 7 rings (SSSR count). The van der Waals surface area contributed by atoms with Crippen molar-refractivity contribution in [2.75, 3.05) is 26.2 Å². The Morgan fingerprint density at radius 3 is 2.30 bits per heavy atom. The van der Waals surface area contributed by atoms with E-state index in [0.717, 1.165) is 0 Å². The Balaban J connectivity index is 1.19. The van der Waals surface area contributed by atoms with E-state index in [2.05, 4.69) is 28.2 Å². The summed E-state index contributed by atoms with van der Waals surface area (Å²) in [5.41, 5.74) is -1.46. The number of nitrogens with zero attached hydrogens (tertiary/aromatic N) is 4. The Hall–Kier alpha value is -4.72. The molecule has 1 saturated heterocycles.